The second-order valence-corrected chi connectivity index (χ2v) is 5.93. The van der Waals surface area contributed by atoms with E-state index in [-0.39, 0.29) is 12.5 Å². The number of ether oxygens (including phenoxy) is 1. The Morgan fingerprint density at radius 3 is 2.91 bits per heavy atom. The number of likely N-dealkylation sites (N-methyl/N-ethyl adjacent to an activating group) is 1. The standard InChI is InChI=1S/C17H26N2O3/c1-4-5-9-18(2)10-8-15(20)13-6-7-16-14(11-13)19(3)17(21)12-22-16/h6-7,11,15,20H,4-5,8-10,12H2,1-3H3. The molecule has 5 heteroatoms. The Balaban J connectivity index is 1.99. The van der Waals surface area contributed by atoms with Gasteiger partial charge in [-0.2, -0.15) is 0 Å². The molecule has 22 heavy (non-hydrogen) atoms. The largest absolute Gasteiger partial charge is 0.482 e. The van der Waals surface area contributed by atoms with Gasteiger partial charge < -0.3 is 19.6 Å². The van der Waals surface area contributed by atoms with Gasteiger partial charge in [-0.1, -0.05) is 19.4 Å². The quantitative estimate of drug-likeness (QED) is 0.839. The van der Waals surface area contributed by atoms with Crippen LogP contribution in [0.1, 0.15) is 37.9 Å². The number of carbonyl (C=O) groups excluding carboxylic acids is 1. The summed E-state index contributed by atoms with van der Waals surface area (Å²) in [6, 6.07) is 5.56. The molecule has 122 valence electrons. The summed E-state index contributed by atoms with van der Waals surface area (Å²) in [7, 11) is 3.81. The molecule has 0 aliphatic carbocycles. The maximum Gasteiger partial charge on any atom is 0.264 e. The second kappa shape index (κ2) is 7.61. The number of amides is 1. The van der Waals surface area contributed by atoms with Gasteiger partial charge >= 0.3 is 0 Å². The van der Waals surface area contributed by atoms with Crippen molar-refractivity contribution in [1.29, 1.82) is 0 Å². The van der Waals surface area contributed by atoms with E-state index in [0.29, 0.717) is 12.2 Å². The van der Waals surface area contributed by atoms with Crippen LogP contribution >= 0.6 is 0 Å². The number of benzene rings is 1. The molecule has 1 atom stereocenters. The van der Waals surface area contributed by atoms with E-state index in [4.69, 9.17) is 4.74 Å². The fourth-order valence-corrected chi connectivity index (χ4v) is 2.55. The fourth-order valence-electron chi connectivity index (χ4n) is 2.55. The van der Waals surface area contributed by atoms with Crippen LogP contribution in [0.4, 0.5) is 5.69 Å². The molecule has 1 aliphatic heterocycles. The number of nitrogens with zero attached hydrogens (tertiary/aromatic N) is 2. The monoisotopic (exact) mass is 306 g/mol. The van der Waals surface area contributed by atoms with Crippen LogP contribution in [-0.4, -0.2) is 49.7 Å². The van der Waals surface area contributed by atoms with Crippen molar-refractivity contribution < 1.29 is 14.6 Å². The number of anilines is 1. The zero-order valence-corrected chi connectivity index (χ0v) is 13.7. The third-order valence-corrected chi connectivity index (χ3v) is 4.13. The average Bonchev–Trinajstić information content (AvgIpc) is 2.53. The molecule has 0 fully saturated rings. The molecule has 1 N–H and O–H groups in total. The van der Waals surface area contributed by atoms with Gasteiger partial charge in [-0.25, -0.2) is 0 Å². The fraction of sp³-hybridized carbons (Fsp3) is 0.588. The summed E-state index contributed by atoms with van der Waals surface area (Å²) in [4.78, 5) is 15.5. The first-order valence-electron chi connectivity index (χ1n) is 7.92. The minimum absolute atomic E-state index is 0.0709. The molecular weight excluding hydrogens is 280 g/mol. The lowest BCUT2D eigenvalue weighted by Gasteiger charge is -2.27. The van der Waals surface area contributed by atoms with Crippen molar-refractivity contribution in [3.05, 3.63) is 23.8 Å². The van der Waals surface area contributed by atoms with Crippen LogP contribution in [0.5, 0.6) is 5.75 Å². The third kappa shape index (κ3) is 3.99. The van der Waals surface area contributed by atoms with Crippen LogP contribution in [0.2, 0.25) is 0 Å². The van der Waals surface area contributed by atoms with E-state index in [0.717, 1.165) is 24.3 Å². The van der Waals surface area contributed by atoms with E-state index >= 15 is 0 Å². The smallest absolute Gasteiger partial charge is 0.264 e. The summed E-state index contributed by atoms with van der Waals surface area (Å²) in [5.41, 5.74) is 1.56. The number of fused-ring (bicyclic) bond motifs is 1. The van der Waals surface area contributed by atoms with Gasteiger partial charge in [0.15, 0.2) is 6.61 Å². The molecule has 0 aromatic heterocycles. The van der Waals surface area contributed by atoms with Gasteiger partial charge in [-0.15, -0.1) is 0 Å². The Hall–Kier alpha value is -1.59. The van der Waals surface area contributed by atoms with Crippen molar-refractivity contribution in [2.75, 3.05) is 38.7 Å². The molecule has 0 bridgehead atoms. The lowest BCUT2D eigenvalue weighted by molar-refractivity contribution is -0.120. The molecule has 1 amide bonds. The van der Waals surface area contributed by atoms with Gasteiger partial charge in [-0.3, -0.25) is 4.79 Å². The molecule has 0 saturated heterocycles. The van der Waals surface area contributed by atoms with Crippen LogP contribution in [0.25, 0.3) is 0 Å². The maximum atomic E-state index is 11.7. The average molecular weight is 306 g/mol. The van der Waals surface area contributed by atoms with Gasteiger partial charge in [0.25, 0.3) is 5.91 Å². The van der Waals surface area contributed by atoms with E-state index in [9.17, 15) is 9.90 Å². The SMILES string of the molecule is CCCCN(C)CCC(O)c1ccc2c(c1)N(C)C(=O)CO2. The lowest BCUT2D eigenvalue weighted by Crippen LogP contribution is -2.35. The van der Waals surface area contributed by atoms with E-state index in [2.05, 4.69) is 18.9 Å². The highest BCUT2D eigenvalue weighted by Crippen LogP contribution is 2.34. The molecule has 0 radical (unpaired) electrons. The van der Waals surface area contributed by atoms with Crippen LogP contribution in [0.3, 0.4) is 0 Å². The number of unbranched alkanes of at least 4 members (excludes halogenated alkanes) is 1. The van der Waals surface area contributed by atoms with Crippen molar-refractivity contribution >= 4 is 11.6 Å². The minimum Gasteiger partial charge on any atom is -0.482 e. The predicted octanol–water partition coefficient (Wildman–Crippen LogP) is 2.20. The molecule has 0 saturated carbocycles. The molecule has 1 aromatic carbocycles. The number of hydrogen-bond donors (Lipinski definition) is 1. The van der Waals surface area contributed by atoms with Crippen LogP contribution in [0, 0.1) is 0 Å². The molecule has 1 unspecified atom stereocenters. The highest BCUT2D eigenvalue weighted by atomic mass is 16.5. The van der Waals surface area contributed by atoms with Gasteiger partial charge in [0, 0.05) is 13.6 Å². The van der Waals surface area contributed by atoms with Gasteiger partial charge in [0.1, 0.15) is 5.75 Å². The molecule has 1 aliphatic rings. The molecule has 5 nitrogen and oxygen atoms in total. The van der Waals surface area contributed by atoms with Gasteiger partial charge in [0.05, 0.1) is 11.8 Å². The molecule has 0 spiro atoms. The van der Waals surface area contributed by atoms with Crippen LogP contribution < -0.4 is 9.64 Å². The summed E-state index contributed by atoms with van der Waals surface area (Å²) in [5, 5.41) is 10.4. The molecule has 1 heterocycles. The van der Waals surface area contributed by atoms with Crippen molar-refractivity contribution in [3.8, 4) is 5.75 Å². The second-order valence-electron chi connectivity index (χ2n) is 5.93. The summed E-state index contributed by atoms with van der Waals surface area (Å²) in [6.07, 6.45) is 2.51. The Bertz CT molecular complexity index is 519. The molecular formula is C17H26N2O3. The number of hydrogen-bond acceptors (Lipinski definition) is 4. The molecule has 2 rings (SSSR count). The van der Waals surface area contributed by atoms with Crippen LogP contribution in [0.15, 0.2) is 18.2 Å². The van der Waals surface area contributed by atoms with E-state index in [1.165, 1.54) is 12.8 Å². The van der Waals surface area contributed by atoms with E-state index < -0.39 is 6.10 Å². The first-order valence-corrected chi connectivity index (χ1v) is 7.92. The van der Waals surface area contributed by atoms with Crippen molar-refractivity contribution in [1.82, 2.24) is 4.90 Å². The maximum absolute atomic E-state index is 11.7. The lowest BCUT2D eigenvalue weighted by atomic mass is 10.0. The van der Waals surface area contributed by atoms with Gasteiger partial charge in [-0.05, 0) is 44.1 Å². The van der Waals surface area contributed by atoms with E-state index in [1.54, 1.807) is 11.9 Å². The highest BCUT2D eigenvalue weighted by Gasteiger charge is 2.23. The normalized spacial score (nSPS) is 15.7. The Morgan fingerprint density at radius 1 is 1.41 bits per heavy atom. The van der Waals surface area contributed by atoms with Crippen molar-refractivity contribution in [3.63, 3.8) is 0 Å². The third-order valence-electron chi connectivity index (χ3n) is 4.13. The Morgan fingerprint density at radius 2 is 2.18 bits per heavy atom. The topological polar surface area (TPSA) is 53.0 Å². The summed E-state index contributed by atoms with van der Waals surface area (Å²) in [5.74, 6) is 0.622. The van der Waals surface area contributed by atoms with Crippen molar-refractivity contribution in [2.45, 2.75) is 32.3 Å². The molecule has 1 aromatic rings. The van der Waals surface area contributed by atoms with E-state index in [1.807, 2.05) is 18.2 Å². The highest BCUT2D eigenvalue weighted by molar-refractivity contribution is 5.97. The Labute approximate surface area is 132 Å². The van der Waals surface area contributed by atoms with Crippen molar-refractivity contribution in [2.24, 2.45) is 0 Å². The predicted molar refractivity (Wildman–Crippen MR) is 87.3 cm³/mol. The summed E-state index contributed by atoms with van der Waals surface area (Å²) >= 11 is 0. The first kappa shape index (κ1) is 16.8. The first-order chi connectivity index (χ1) is 10.5. The number of rotatable bonds is 7. The Kier molecular flexibility index (Phi) is 5.80. The number of carbonyl (C=O) groups is 1. The number of aliphatic hydroxyl groups is 1. The minimum atomic E-state index is -0.528. The summed E-state index contributed by atoms with van der Waals surface area (Å²) < 4.78 is 5.40. The van der Waals surface area contributed by atoms with Crippen LogP contribution in [-0.2, 0) is 4.79 Å². The van der Waals surface area contributed by atoms with Gasteiger partial charge in [0.2, 0.25) is 0 Å². The zero-order chi connectivity index (χ0) is 16.1. The number of aliphatic hydroxyl groups excluding tert-OH is 1. The summed E-state index contributed by atoms with van der Waals surface area (Å²) in [6.45, 7) is 4.16. The zero-order valence-electron chi connectivity index (χ0n) is 13.7.